The Hall–Kier alpha value is -1.63. The van der Waals surface area contributed by atoms with Crippen molar-refractivity contribution < 1.29 is 14.4 Å². The van der Waals surface area contributed by atoms with Crippen LogP contribution >= 0.6 is 0 Å². The van der Waals surface area contributed by atoms with Crippen LogP contribution in [0.15, 0.2) is 0 Å². The largest absolute Gasteiger partial charge is 0.344 e. The summed E-state index contributed by atoms with van der Waals surface area (Å²) in [6.07, 6.45) is 6.54. The maximum Gasteiger partial charge on any atom is 0.344 e. The summed E-state index contributed by atoms with van der Waals surface area (Å²) in [5.41, 5.74) is 1.71. The molecule has 0 aromatic heterocycles. The van der Waals surface area contributed by atoms with Crippen molar-refractivity contribution in [1.29, 1.82) is 0 Å². The fraction of sp³-hybridized carbons (Fsp3) is 0.812. The molecule has 0 aromatic carbocycles. The summed E-state index contributed by atoms with van der Waals surface area (Å²) >= 11 is 0. The van der Waals surface area contributed by atoms with Gasteiger partial charge in [0, 0.05) is 6.54 Å². The Labute approximate surface area is 136 Å². The van der Waals surface area contributed by atoms with Crippen molar-refractivity contribution >= 4 is 17.8 Å². The van der Waals surface area contributed by atoms with Crippen LogP contribution in [0.5, 0.6) is 0 Å². The highest BCUT2D eigenvalue weighted by Crippen LogP contribution is 2.32. The van der Waals surface area contributed by atoms with Gasteiger partial charge >= 0.3 is 6.03 Å². The molecule has 2 heterocycles. The number of imide groups is 1. The first-order chi connectivity index (χ1) is 11.0. The van der Waals surface area contributed by atoms with Crippen molar-refractivity contribution in [1.82, 2.24) is 20.7 Å². The van der Waals surface area contributed by atoms with Crippen molar-refractivity contribution in [2.24, 2.45) is 5.92 Å². The SMILES string of the molecule is CC1CCCN(CC(=O)NN2C(=O)NC3(CCCCC3)C2=O)C1. The molecule has 1 aliphatic carbocycles. The fourth-order valence-electron chi connectivity index (χ4n) is 4.01. The molecule has 3 fully saturated rings. The third kappa shape index (κ3) is 3.34. The smallest absolute Gasteiger partial charge is 0.322 e. The van der Waals surface area contributed by atoms with E-state index >= 15 is 0 Å². The van der Waals surface area contributed by atoms with E-state index in [0.717, 1.165) is 43.8 Å². The second kappa shape index (κ2) is 6.47. The lowest BCUT2D eigenvalue weighted by molar-refractivity contribution is -0.140. The van der Waals surface area contributed by atoms with Crippen molar-refractivity contribution in [2.45, 2.75) is 57.4 Å². The van der Waals surface area contributed by atoms with Crippen LogP contribution in [0.2, 0.25) is 0 Å². The molecular weight excluding hydrogens is 296 g/mol. The Morgan fingerprint density at radius 2 is 2.00 bits per heavy atom. The van der Waals surface area contributed by atoms with E-state index in [-0.39, 0.29) is 18.4 Å². The Balaban J connectivity index is 1.57. The molecular formula is C16H26N4O3. The molecule has 2 N–H and O–H groups in total. The van der Waals surface area contributed by atoms with Crippen molar-refractivity contribution in [3.63, 3.8) is 0 Å². The van der Waals surface area contributed by atoms with Gasteiger partial charge in [0.2, 0.25) is 0 Å². The summed E-state index contributed by atoms with van der Waals surface area (Å²) in [5, 5.41) is 3.68. The van der Waals surface area contributed by atoms with Crippen LogP contribution in [0.3, 0.4) is 0 Å². The Morgan fingerprint density at radius 3 is 2.70 bits per heavy atom. The number of hydrazine groups is 1. The van der Waals surface area contributed by atoms with E-state index in [1.807, 2.05) is 0 Å². The minimum Gasteiger partial charge on any atom is -0.322 e. The zero-order valence-electron chi connectivity index (χ0n) is 13.8. The van der Waals surface area contributed by atoms with Crippen LogP contribution in [0.1, 0.15) is 51.9 Å². The lowest BCUT2D eigenvalue weighted by atomic mass is 9.82. The highest BCUT2D eigenvalue weighted by atomic mass is 16.2. The monoisotopic (exact) mass is 322 g/mol. The van der Waals surface area contributed by atoms with Crippen LogP contribution in [0, 0.1) is 5.92 Å². The average molecular weight is 322 g/mol. The summed E-state index contributed by atoms with van der Waals surface area (Å²) in [4.78, 5) is 39.0. The van der Waals surface area contributed by atoms with Crippen molar-refractivity contribution in [3.8, 4) is 0 Å². The molecule has 3 rings (SSSR count). The van der Waals surface area contributed by atoms with Gasteiger partial charge in [-0.1, -0.05) is 26.2 Å². The number of likely N-dealkylation sites (tertiary alicyclic amines) is 1. The second-order valence-corrected chi connectivity index (χ2v) is 7.23. The number of carbonyl (C=O) groups excluding carboxylic acids is 3. The molecule has 3 aliphatic rings. The summed E-state index contributed by atoms with van der Waals surface area (Å²) < 4.78 is 0. The van der Waals surface area contributed by atoms with Gasteiger partial charge in [-0.2, -0.15) is 5.01 Å². The van der Waals surface area contributed by atoms with Gasteiger partial charge in [-0.25, -0.2) is 4.79 Å². The Kier molecular flexibility index (Phi) is 4.57. The molecule has 0 radical (unpaired) electrons. The predicted molar refractivity (Wildman–Crippen MR) is 84.2 cm³/mol. The number of amides is 4. The van der Waals surface area contributed by atoms with Gasteiger partial charge in [0.15, 0.2) is 0 Å². The molecule has 23 heavy (non-hydrogen) atoms. The number of piperidine rings is 1. The Morgan fingerprint density at radius 1 is 1.26 bits per heavy atom. The maximum absolute atomic E-state index is 12.6. The number of hydrogen-bond acceptors (Lipinski definition) is 4. The summed E-state index contributed by atoms with van der Waals surface area (Å²) in [6, 6.07) is -0.503. The van der Waals surface area contributed by atoms with Gasteiger partial charge in [0.25, 0.3) is 11.8 Å². The summed E-state index contributed by atoms with van der Waals surface area (Å²) in [7, 11) is 0. The molecule has 4 amide bonds. The topological polar surface area (TPSA) is 81.8 Å². The zero-order chi connectivity index (χ0) is 16.4. The predicted octanol–water partition coefficient (Wildman–Crippen LogP) is 1.00. The van der Waals surface area contributed by atoms with E-state index in [0.29, 0.717) is 18.8 Å². The highest BCUT2D eigenvalue weighted by molar-refractivity contribution is 6.08. The quantitative estimate of drug-likeness (QED) is 0.760. The summed E-state index contributed by atoms with van der Waals surface area (Å²) in [6.45, 7) is 4.18. The molecule has 7 nitrogen and oxygen atoms in total. The fourth-order valence-corrected chi connectivity index (χ4v) is 4.01. The molecule has 2 saturated heterocycles. The van der Waals surface area contributed by atoms with Crippen LogP contribution in [0.25, 0.3) is 0 Å². The molecule has 1 unspecified atom stereocenters. The lowest BCUT2D eigenvalue weighted by Gasteiger charge is -2.31. The highest BCUT2D eigenvalue weighted by Gasteiger charge is 2.52. The van der Waals surface area contributed by atoms with Crippen LogP contribution < -0.4 is 10.7 Å². The third-order valence-corrected chi connectivity index (χ3v) is 5.21. The number of urea groups is 1. The minimum absolute atomic E-state index is 0.231. The molecule has 2 aliphatic heterocycles. The Bertz CT molecular complexity index is 502. The van der Waals surface area contributed by atoms with Gasteiger partial charge in [-0.15, -0.1) is 0 Å². The first-order valence-corrected chi connectivity index (χ1v) is 8.69. The zero-order valence-corrected chi connectivity index (χ0v) is 13.8. The number of carbonyl (C=O) groups is 3. The molecule has 1 spiro atoms. The number of hydrogen-bond donors (Lipinski definition) is 2. The second-order valence-electron chi connectivity index (χ2n) is 7.23. The molecule has 0 bridgehead atoms. The first kappa shape index (κ1) is 16.2. The van der Waals surface area contributed by atoms with Gasteiger partial charge in [0.1, 0.15) is 5.54 Å². The number of nitrogens with one attached hydrogen (secondary N) is 2. The van der Waals surface area contributed by atoms with Crippen LogP contribution in [0.4, 0.5) is 4.79 Å². The average Bonchev–Trinajstić information content (AvgIpc) is 2.72. The van der Waals surface area contributed by atoms with Crippen molar-refractivity contribution in [3.05, 3.63) is 0 Å². The van der Waals surface area contributed by atoms with Crippen molar-refractivity contribution in [2.75, 3.05) is 19.6 Å². The van der Waals surface area contributed by atoms with E-state index in [2.05, 4.69) is 22.6 Å². The maximum atomic E-state index is 12.6. The van der Waals surface area contributed by atoms with Crippen LogP contribution in [-0.2, 0) is 9.59 Å². The van der Waals surface area contributed by atoms with E-state index in [1.54, 1.807) is 0 Å². The molecule has 1 saturated carbocycles. The van der Waals surface area contributed by atoms with Gasteiger partial charge in [0.05, 0.1) is 6.54 Å². The minimum atomic E-state index is -0.789. The summed E-state index contributed by atoms with van der Waals surface area (Å²) in [5.74, 6) is -0.0169. The van der Waals surface area contributed by atoms with Crippen LogP contribution in [-0.4, -0.2) is 52.9 Å². The van der Waals surface area contributed by atoms with Gasteiger partial charge < -0.3 is 5.32 Å². The number of nitrogens with zero attached hydrogens (tertiary/aromatic N) is 2. The van der Waals surface area contributed by atoms with Gasteiger partial charge in [-0.05, 0) is 38.1 Å². The number of rotatable bonds is 3. The molecule has 0 aromatic rings. The van der Waals surface area contributed by atoms with E-state index in [9.17, 15) is 14.4 Å². The standard InChI is InChI=1S/C16H26N4O3/c1-12-6-5-9-19(10-12)11-13(21)18-20-14(22)16(17-15(20)23)7-3-2-4-8-16/h12H,2-11H2,1H3,(H,17,23)(H,18,21). The van der Waals surface area contributed by atoms with E-state index in [4.69, 9.17) is 0 Å². The first-order valence-electron chi connectivity index (χ1n) is 8.69. The van der Waals surface area contributed by atoms with Gasteiger partial charge in [-0.3, -0.25) is 19.9 Å². The molecule has 128 valence electrons. The molecule has 7 heteroatoms. The van der Waals surface area contributed by atoms with E-state index < -0.39 is 11.6 Å². The lowest BCUT2D eigenvalue weighted by Crippen LogP contribution is -2.53. The molecule has 1 atom stereocenters. The normalized spacial score (nSPS) is 28.0. The van der Waals surface area contributed by atoms with E-state index in [1.165, 1.54) is 6.42 Å². The third-order valence-electron chi connectivity index (χ3n) is 5.21.